The Labute approximate surface area is 133 Å². The van der Waals surface area contributed by atoms with E-state index in [-0.39, 0.29) is 0 Å². The molecule has 3 heterocycles. The van der Waals surface area contributed by atoms with Gasteiger partial charge in [0.15, 0.2) is 17.1 Å². The molecule has 0 aliphatic carbocycles. The Kier molecular flexibility index (Phi) is 3.49. The van der Waals surface area contributed by atoms with E-state index >= 15 is 0 Å². The first-order chi connectivity index (χ1) is 11.3. The van der Waals surface area contributed by atoms with E-state index in [1.165, 1.54) is 0 Å². The Morgan fingerprint density at radius 1 is 1.13 bits per heavy atom. The molecule has 1 aromatic carbocycles. The van der Waals surface area contributed by atoms with Gasteiger partial charge in [0.05, 0.1) is 18.5 Å². The predicted octanol–water partition coefficient (Wildman–Crippen LogP) is 2.96. The number of imidazole rings is 1. The number of benzene rings is 1. The molecular formula is C17H17N3O3. The molecule has 0 N–H and O–H groups in total. The minimum absolute atomic E-state index is 0.571. The first-order valence-electron chi connectivity index (χ1n) is 7.73. The molecule has 4 rings (SSSR count). The third-order valence-electron chi connectivity index (χ3n) is 3.59. The van der Waals surface area contributed by atoms with Crippen molar-refractivity contribution in [2.24, 2.45) is 0 Å². The van der Waals surface area contributed by atoms with E-state index in [1.807, 2.05) is 36.5 Å². The summed E-state index contributed by atoms with van der Waals surface area (Å²) < 4.78 is 18.5. The highest BCUT2D eigenvalue weighted by Crippen LogP contribution is 2.34. The van der Waals surface area contributed by atoms with Crippen molar-refractivity contribution in [2.45, 2.75) is 13.3 Å². The molecule has 0 fully saturated rings. The first-order valence-corrected chi connectivity index (χ1v) is 7.73. The lowest BCUT2D eigenvalue weighted by Crippen LogP contribution is -2.15. The van der Waals surface area contributed by atoms with Crippen LogP contribution in [0.5, 0.6) is 17.4 Å². The zero-order chi connectivity index (χ0) is 15.6. The largest absolute Gasteiger partial charge is 0.486 e. The van der Waals surface area contributed by atoms with Crippen LogP contribution < -0.4 is 14.2 Å². The van der Waals surface area contributed by atoms with E-state index in [2.05, 4.69) is 17.0 Å². The van der Waals surface area contributed by atoms with Crippen molar-refractivity contribution in [1.29, 1.82) is 0 Å². The second kappa shape index (κ2) is 5.79. The molecule has 6 nitrogen and oxygen atoms in total. The Hall–Kier alpha value is -2.76. The van der Waals surface area contributed by atoms with E-state index in [0.29, 0.717) is 25.7 Å². The van der Waals surface area contributed by atoms with Gasteiger partial charge in [-0.25, -0.2) is 9.50 Å². The third kappa shape index (κ3) is 2.67. The van der Waals surface area contributed by atoms with Crippen molar-refractivity contribution in [3.63, 3.8) is 0 Å². The van der Waals surface area contributed by atoms with E-state index in [1.54, 1.807) is 4.52 Å². The van der Waals surface area contributed by atoms with Crippen molar-refractivity contribution < 1.29 is 14.2 Å². The van der Waals surface area contributed by atoms with Gasteiger partial charge in [-0.05, 0) is 30.7 Å². The molecule has 23 heavy (non-hydrogen) atoms. The molecule has 0 saturated carbocycles. The predicted molar refractivity (Wildman–Crippen MR) is 85.2 cm³/mol. The number of hydrogen-bond donors (Lipinski definition) is 0. The Bertz CT molecular complexity index is 844. The van der Waals surface area contributed by atoms with Crippen LogP contribution in [-0.4, -0.2) is 34.4 Å². The molecule has 0 unspecified atom stereocenters. The molecular weight excluding hydrogens is 294 g/mol. The smallest absolute Gasteiger partial charge is 0.231 e. The second-order valence-electron chi connectivity index (χ2n) is 5.31. The number of hydrogen-bond acceptors (Lipinski definition) is 5. The fraction of sp³-hybridized carbons (Fsp3) is 0.294. The summed E-state index contributed by atoms with van der Waals surface area (Å²) in [5, 5.41) is 4.42. The minimum atomic E-state index is 0.571. The summed E-state index contributed by atoms with van der Waals surface area (Å²) in [7, 11) is 0. The molecule has 3 aromatic rings. The van der Waals surface area contributed by atoms with Gasteiger partial charge in [-0.3, -0.25) is 0 Å². The monoisotopic (exact) mass is 311 g/mol. The Morgan fingerprint density at radius 2 is 2.00 bits per heavy atom. The van der Waals surface area contributed by atoms with Crippen LogP contribution in [0.1, 0.15) is 13.3 Å². The van der Waals surface area contributed by atoms with Crippen molar-refractivity contribution in [3.8, 4) is 28.6 Å². The minimum Gasteiger partial charge on any atom is -0.486 e. The van der Waals surface area contributed by atoms with Gasteiger partial charge in [0, 0.05) is 11.6 Å². The number of rotatable bonds is 4. The normalized spacial score (nSPS) is 13.3. The summed E-state index contributed by atoms with van der Waals surface area (Å²) in [6, 6.07) is 9.58. The zero-order valence-corrected chi connectivity index (χ0v) is 12.9. The van der Waals surface area contributed by atoms with Gasteiger partial charge in [-0.2, -0.15) is 0 Å². The zero-order valence-electron chi connectivity index (χ0n) is 12.9. The molecule has 2 aromatic heterocycles. The van der Waals surface area contributed by atoms with Gasteiger partial charge < -0.3 is 14.2 Å². The quantitative estimate of drug-likeness (QED) is 0.741. The maximum absolute atomic E-state index is 5.63. The van der Waals surface area contributed by atoms with Gasteiger partial charge in [0.1, 0.15) is 13.2 Å². The summed E-state index contributed by atoms with van der Waals surface area (Å²) in [6.07, 6.45) is 2.84. The van der Waals surface area contributed by atoms with Crippen LogP contribution in [0.3, 0.4) is 0 Å². The summed E-state index contributed by atoms with van der Waals surface area (Å²) in [5.74, 6) is 2.13. The molecule has 6 heteroatoms. The lowest BCUT2D eigenvalue weighted by molar-refractivity contribution is 0.171. The van der Waals surface area contributed by atoms with Crippen LogP contribution >= 0.6 is 0 Å². The van der Waals surface area contributed by atoms with Gasteiger partial charge in [-0.15, -0.1) is 5.10 Å². The molecule has 0 spiro atoms. The summed E-state index contributed by atoms with van der Waals surface area (Å²) in [5.41, 5.74) is 2.58. The molecule has 0 saturated heterocycles. The lowest BCUT2D eigenvalue weighted by Gasteiger charge is -2.18. The van der Waals surface area contributed by atoms with Crippen LogP contribution in [0.25, 0.3) is 16.9 Å². The molecule has 0 bridgehead atoms. The maximum Gasteiger partial charge on any atom is 0.231 e. The highest BCUT2D eigenvalue weighted by Gasteiger charge is 2.14. The Morgan fingerprint density at radius 3 is 2.87 bits per heavy atom. The molecule has 0 atom stereocenters. The number of aromatic nitrogens is 3. The molecule has 1 aliphatic rings. The second-order valence-corrected chi connectivity index (χ2v) is 5.31. The summed E-state index contributed by atoms with van der Waals surface area (Å²) >= 11 is 0. The average Bonchev–Trinajstić information content (AvgIpc) is 3.03. The molecule has 1 aliphatic heterocycles. The van der Waals surface area contributed by atoms with Gasteiger partial charge in [-0.1, -0.05) is 6.92 Å². The van der Waals surface area contributed by atoms with Crippen molar-refractivity contribution in [1.82, 2.24) is 14.6 Å². The fourth-order valence-electron chi connectivity index (χ4n) is 2.49. The fourth-order valence-corrected chi connectivity index (χ4v) is 2.49. The average molecular weight is 311 g/mol. The third-order valence-corrected chi connectivity index (χ3v) is 3.59. The van der Waals surface area contributed by atoms with E-state index in [4.69, 9.17) is 14.2 Å². The van der Waals surface area contributed by atoms with E-state index in [9.17, 15) is 0 Å². The van der Waals surface area contributed by atoms with Crippen LogP contribution in [0, 0.1) is 0 Å². The van der Waals surface area contributed by atoms with Crippen molar-refractivity contribution in [3.05, 3.63) is 36.5 Å². The SMILES string of the molecule is CCCOc1ccc2nc(-c3ccc4c(c3)OCCO4)cn2n1. The maximum atomic E-state index is 5.63. The first kappa shape index (κ1) is 13.9. The van der Waals surface area contributed by atoms with E-state index < -0.39 is 0 Å². The number of nitrogens with zero attached hydrogens (tertiary/aromatic N) is 3. The lowest BCUT2D eigenvalue weighted by atomic mass is 10.1. The topological polar surface area (TPSA) is 57.9 Å². The molecule has 0 radical (unpaired) electrons. The number of ether oxygens (including phenoxy) is 3. The molecule has 0 amide bonds. The van der Waals surface area contributed by atoms with Crippen molar-refractivity contribution in [2.75, 3.05) is 19.8 Å². The summed E-state index contributed by atoms with van der Waals surface area (Å²) in [6.45, 7) is 3.88. The highest BCUT2D eigenvalue weighted by atomic mass is 16.6. The van der Waals surface area contributed by atoms with Crippen molar-refractivity contribution >= 4 is 5.65 Å². The van der Waals surface area contributed by atoms with Crippen LogP contribution in [-0.2, 0) is 0 Å². The summed E-state index contributed by atoms with van der Waals surface area (Å²) in [4.78, 5) is 4.60. The Balaban J connectivity index is 1.68. The highest BCUT2D eigenvalue weighted by molar-refractivity contribution is 5.66. The molecule has 118 valence electrons. The van der Waals surface area contributed by atoms with Gasteiger partial charge >= 0.3 is 0 Å². The van der Waals surface area contributed by atoms with Gasteiger partial charge in [0.2, 0.25) is 5.88 Å². The van der Waals surface area contributed by atoms with Crippen LogP contribution in [0.15, 0.2) is 36.5 Å². The van der Waals surface area contributed by atoms with E-state index in [0.717, 1.165) is 34.8 Å². The number of fused-ring (bicyclic) bond motifs is 2. The standard InChI is InChI=1S/C17H17N3O3/c1-2-7-23-17-6-5-16-18-13(11-20(16)19-17)12-3-4-14-15(10-12)22-9-8-21-14/h3-6,10-11H,2,7-9H2,1H3. The van der Waals surface area contributed by atoms with Gasteiger partial charge in [0.25, 0.3) is 0 Å². The van der Waals surface area contributed by atoms with Crippen LogP contribution in [0.4, 0.5) is 0 Å². The van der Waals surface area contributed by atoms with Crippen LogP contribution in [0.2, 0.25) is 0 Å².